The second kappa shape index (κ2) is 13.1. The number of nitrogens with zero attached hydrogens (tertiary/aromatic N) is 1. The summed E-state index contributed by atoms with van der Waals surface area (Å²) in [7, 11) is 0. The van der Waals surface area contributed by atoms with Gasteiger partial charge in [0.2, 0.25) is 0 Å². The van der Waals surface area contributed by atoms with Crippen molar-refractivity contribution >= 4 is 40.6 Å². The number of benzene rings is 3. The maximum absolute atomic E-state index is 12.2. The Hall–Kier alpha value is -2.68. The van der Waals surface area contributed by atoms with Gasteiger partial charge >= 0.3 is 29.6 Å². The Morgan fingerprint density at radius 2 is 1.58 bits per heavy atom. The van der Waals surface area contributed by atoms with Crippen LogP contribution in [0.4, 0.5) is 5.69 Å². The first kappa shape index (κ1) is 26.6. The third kappa shape index (κ3) is 8.31. The Morgan fingerprint density at radius 3 is 2.12 bits per heavy atom. The van der Waals surface area contributed by atoms with Gasteiger partial charge in [-0.25, -0.2) is 0 Å². The van der Waals surface area contributed by atoms with Crippen LogP contribution in [0.5, 0.6) is 0 Å². The number of hydrogen-bond acceptors (Lipinski definition) is 5. The Labute approximate surface area is 218 Å². The van der Waals surface area contributed by atoms with Gasteiger partial charge in [-0.05, 0) is 45.8 Å². The van der Waals surface area contributed by atoms with Gasteiger partial charge in [0.25, 0.3) is 11.9 Å². The van der Waals surface area contributed by atoms with Gasteiger partial charge in [0.1, 0.15) is 0 Å². The zero-order chi connectivity index (χ0) is 22.9. The molecule has 1 aliphatic rings. The van der Waals surface area contributed by atoms with E-state index >= 15 is 0 Å². The van der Waals surface area contributed by atoms with Crippen LogP contribution in [-0.2, 0) is 16.2 Å². The number of amidine groups is 1. The molecule has 1 amide bonds. The Kier molecular flexibility index (Phi) is 10.6. The molecule has 1 fully saturated rings. The van der Waals surface area contributed by atoms with Gasteiger partial charge in [-0.3, -0.25) is 14.6 Å². The number of nitrogens with one attached hydrogen (secondary N) is 1. The van der Waals surface area contributed by atoms with Crippen molar-refractivity contribution in [1.82, 2.24) is 5.32 Å². The van der Waals surface area contributed by atoms with Crippen molar-refractivity contribution < 1.29 is 49.4 Å². The molecule has 1 aliphatic heterocycles. The number of amides is 1. The molecule has 6 nitrogen and oxygen atoms in total. The third-order valence-corrected chi connectivity index (χ3v) is 5.17. The average molecular weight is 469 g/mol. The molecule has 0 unspecified atom stereocenters. The minimum atomic E-state index is -0.833. The number of rotatable bonds is 4. The summed E-state index contributed by atoms with van der Waals surface area (Å²) in [5.74, 6) is -0.977. The molecule has 33 heavy (non-hydrogen) atoms. The Bertz CT molecular complexity index is 1140. The van der Waals surface area contributed by atoms with E-state index in [0.717, 1.165) is 34.9 Å². The summed E-state index contributed by atoms with van der Waals surface area (Å²) in [4.78, 5) is 26.3. The molecule has 0 bridgehead atoms. The van der Waals surface area contributed by atoms with E-state index in [-0.39, 0.29) is 42.1 Å². The van der Waals surface area contributed by atoms with Gasteiger partial charge in [0.05, 0.1) is 11.5 Å². The number of carbonyl (C=O) groups is 2. The summed E-state index contributed by atoms with van der Waals surface area (Å²) in [6, 6.07) is 26.0. The van der Waals surface area contributed by atoms with Crippen LogP contribution in [0, 0.1) is 6.07 Å². The Balaban J connectivity index is 0.000000714. The Morgan fingerprint density at radius 1 is 1.03 bits per heavy atom. The molecular weight excluding hydrogens is 447 g/mol. The summed E-state index contributed by atoms with van der Waals surface area (Å²) >= 11 is 1.33. The van der Waals surface area contributed by atoms with Crippen molar-refractivity contribution in [2.24, 2.45) is 4.99 Å². The van der Waals surface area contributed by atoms with Gasteiger partial charge in [-0.15, -0.1) is 12.1 Å². The molecule has 0 aliphatic carbocycles. The first-order chi connectivity index (χ1) is 15.4. The van der Waals surface area contributed by atoms with Crippen LogP contribution in [0.3, 0.4) is 0 Å². The normalized spacial score (nSPS) is 14.8. The van der Waals surface area contributed by atoms with Crippen molar-refractivity contribution in [3.63, 3.8) is 0 Å². The number of aliphatic imine (C=N–C) groups is 1. The molecule has 0 aromatic heterocycles. The number of carboxylic acid groups (broad SMARTS) is 1. The quantitative estimate of drug-likeness (QED) is 0.307. The summed E-state index contributed by atoms with van der Waals surface area (Å²) in [5, 5.41) is 19.9. The van der Waals surface area contributed by atoms with Crippen molar-refractivity contribution in [2.45, 2.75) is 13.5 Å². The van der Waals surface area contributed by atoms with Crippen LogP contribution in [0.15, 0.2) is 82.7 Å². The molecule has 1 heterocycles. The van der Waals surface area contributed by atoms with Crippen molar-refractivity contribution in [2.75, 3.05) is 0 Å². The standard InChI is InChI=1S/C23H17N2O2S.C2H4O2.Na/c26-15-17-8-12-19(13-9-17)18-10-6-16(7-11-18)14-21-22(27)25-23(28-21)24-20-4-2-1-3-5-20;1-2(3)4;/h2-14,26H,15H2,(H,24,25,27);1H3,(H,3,4);/q-1;;+1. The minimum Gasteiger partial charge on any atom is -0.481 e. The maximum Gasteiger partial charge on any atom is 1.00 e. The first-order valence-corrected chi connectivity index (χ1v) is 10.5. The third-order valence-electron chi connectivity index (χ3n) is 4.26. The van der Waals surface area contributed by atoms with E-state index in [9.17, 15) is 4.79 Å². The van der Waals surface area contributed by atoms with E-state index in [0.29, 0.717) is 10.1 Å². The molecular formula is C25H21N2NaO4S. The molecule has 0 atom stereocenters. The summed E-state index contributed by atoms with van der Waals surface area (Å²) in [6.45, 7) is 1.13. The zero-order valence-electron chi connectivity index (χ0n) is 18.3. The van der Waals surface area contributed by atoms with Crippen molar-refractivity contribution in [3.05, 3.63) is 94.9 Å². The summed E-state index contributed by atoms with van der Waals surface area (Å²) in [5.41, 5.74) is 4.78. The molecule has 0 saturated carbocycles. The molecule has 0 spiro atoms. The average Bonchev–Trinajstić information content (AvgIpc) is 3.13. The molecule has 3 aromatic carbocycles. The van der Waals surface area contributed by atoms with E-state index < -0.39 is 5.97 Å². The predicted octanol–water partition coefficient (Wildman–Crippen LogP) is 1.63. The maximum atomic E-state index is 12.2. The topological polar surface area (TPSA) is 99.0 Å². The van der Waals surface area contributed by atoms with Crippen LogP contribution in [0.2, 0.25) is 0 Å². The second-order valence-corrected chi connectivity index (χ2v) is 7.77. The minimum absolute atomic E-state index is 0. The first-order valence-electron chi connectivity index (χ1n) is 9.70. The zero-order valence-corrected chi connectivity index (χ0v) is 21.1. The van der Waals surface area contributed by atoms with Crippen molar-refractivity contribution in [3.8, 4) is 11.1 Å². The molecule has 0 radical (unpaired) electrons. The van der Waals surface area contributed by atoms with Gasteiger partial charge in [0.15, 0.2) is 5.17 Å². The monoisotopic (exact) mass is 468 g/mol. The van der Waals surface area contributed by atoms with E-state index in [1.807, 2.05) is 66.7 Å². The molecule has 3 N–H and O–H groups in total. The van der Waals surface area contributed by atoms with Crippen LogP contribution in [0.25, 0.3) is 17.2 Å². The van der Waals surface area contributed by atoms with E-state index in [1.165, 1.54) is 11.8 Å². The second-order valence-electron chi connectivity index (χ2n) is 6.74. The number of thioether (sulfide) groups is 1. The van der Waals surface area contributed by atoms with Crippen LogP contribution in [0.1, 0.15) is 18.1 Å². The summed E-state index contributed by atoms with van der Waals surface area (Å²) in [6.07, 6.45) is 1.86. The number of aliphatic hydroxyl groups excluding tert-OH is 1. The fraction of sp³-hybridized carbons (Fsp3) is 0.0800. The SMILES string of the molecule is CC(=O)O.O=C1NC(=Nc2cc[c-]cc2)SC1=Cc1ccc(-c2ccc(CO)cc2)cc1.[Na+]. The smallest absolute Gasteiger partial charge is 0.481 e. The van der Waals surface area contributed by atoms with E-state index in [4.69, 9.17) is 15.0 Å². The summed E-state index contributed by atoms with van der Waals surface area (Å²) < 4.78 is 0. The van der Waals surface area contributed by atoms with Gasteiger partial charge in [0, 0.05) is 6.92 Å². The fourth-order valence-electron chi connectivity index (χ4n) is 2.78. The number of hydrogen-bond donors (Lipinski definition) is 3. The number of aliphatic hydroxyl groups is 1. The van der Waals surface area contributed by atoms with Gasteiger partial charge in [-0.2, -0.15) is 18.2 Å². The molecule has 3 aromatic rings. The van der Waals surface area contributed by atoms with Crippen LogP contribution >= 0.6 is 11.8 Å². The predicted molar refractivity (Wildman–Crippen MR) is 127 cm³/mol. The van der Waals surface area contributed by atoms with E-state index in [2.05, 4.69) is 16.4 Å². The van der Waals surface area contributed by atoms with Crippen LogP contribution < -0.4 is 34.9 Å². The molecule has 8 heteroatoms. The van der Waals surface area contributed by atoms with E-state index in [1.54, 1.807) is 12.1 Å². The molecule has 1 saturated heterocycles. The van der Waals surface area contributed by atoms with Gasteiger partial charge in [-0.1, -0.05) is 48.5 Å². The number of carboxylic acids is 1. The number of aliphatic carboxylic acids is 1. The van der Waals surface area contributed by atoms with Crippen LogP contribution in [-0.4, -0.2) is 27.3 Å². The number of carbonyl (C=O) groups excluding carboxylic acids is 1. The van der Waals surface area contributed by atoms with Gasteiger partial charge < -0.3 is 15.5 Å². The molecule has 4 rings (SSSR count). The van der Waals surface area contributed by atoms with Crippen molar-refractivity contribution in [1.29, 1.82) is 0 Å². The fourth-order valence-corrected chi connectivity index (χ4v) is 3.62. The largest absolute Gasteiger partial charge is 1.00 e. The molecule has 162 valence electrons.